The van der Waals surface area contributed by atoms with E-state index in [1.807, 2.05) is 0 Å². The van der Waals surface area contributed by atoms with Crippen molar-refractivity contribution in [2.45, 2.75) is 12.2 Å². The van der Waals surface area contributed by atoms with Gasteiger partial charge in [0, 0.05) is 17.8 Å². The zero-order valence-corrected chi connectivity index (χ0v) is 8.98. The van der Waals surface area contributed by atoms with Crippen molar-refractivity contribution in [3.8, 4) is 0 Å². The fourth-order valence-electron chi connectivity index (χ4n) is 1.07. The number of esters is 1. The second kappa shape index (κ2) is 5.20. The Morgan fingerprint density at radius 1 is 1.62 bits per heavy atom. The molecule has 0 saturated carbocycles. The Kier molecular flexibility index (Phi) is 4.17. The third-order valence-electron chi connectivity index (χ3n) is 1.91. The molecule has 7 heteroatoms. The molecule has 2 N–H and O–H groups in total. The fourth-order valence-corrected chi connectivity index (χ4v) is 1.29. The number of carbonyl (C=O) groups is 1. The number of rotatable bonds is 3. The number of aliphatic hydroxyl groups excluding tert-OH is 2. The summed E-state index contributed by atoms with van der Waals surface area (Å²) in [5.74, 6) is -1.92. The van der Waals surface area contributed by atoms with Crippen molar-refractivity contribution in [2.24, 2.45) is 0 Å². The third-order valence-corrected chi connectivity index (χ3v) is 2.23. The zero-order chi connectivity index (χ0) is 12.3. The molecule has 0 aliphatic rings. The lowest BCUT2D eigenvalue weighted by Gasteiger charge is -2.16. The number of carbonyl (C=O) groups excluding carboxylic acids is 1. The van der Waals surface area contributed by atoms with Gasteiger partial charge in [0.2, 0.25) is 5.95 Å². The maximum Gasteiger partial charge on any atom is 0.337 e. The minimum absolute atomic E-state index is 0.0585. The predicted molar refractivity (Wildman–Crippen MR) is 52.2 cm³/mol. The van der Waals surface area contributed by atoms with E-state index in [1.54, 1.807) is 0 Å². The average Bonchev–Trinajstić information content (AvgIpc) is 2.29. The number of pyridine rings is 1. The van der Waals surface area contributed by atoms with Crippen molar-refractivity contribution < 1.29 is 24.1 Å². The summed E-state index contributed by atoms with van der Waals surface area (Å²) < 4.78 is 17.0. The summed E-state index contributed by atoms with van der Waals surface area (Å²) in [5.41, 5.74) is -0.132. The minimum Gasteiger partial charge on any atom is -0.467 e. The summed E-state index contributed by atoms with van der Waals surface area (Å²) in [7, 11) is 1.05. The lowest BCUT2D eigenvalue weighted by atomic mass is 10.1. The number of hydrogen-bond donors (Lipinski definition) is 2. The van der Waals surface area contributed by atoms with Crippen LogP contribution in [0.25, 0.3) is 0 Å². The van der Waals surface area contributed by atoms with Crippen LogP contribution in [-0.4, -0.2) is 34.4 Å². The van der Waals surface area contributed by atoms with E-state index in [0.29, 0.717) is 0 Å². The highest BCUT2D eigenvalue weighted by Gasteiger charge is 2.28. The number of nitrogens with zero attached hydrogens (tertiary/aromatic N) is 1. The molecule has 0 radical (unpaired) electrons. The van der Waals surface area contributed by atoms with E-state index < -0.39 is 24.1 Å². The van der Waals surface area contributed by atoms with Gasteiger partial charge in [-0.15, -0.1) is 0 Å². The van der Waals surface area contributed by atoms with Gasteiger partial charge < -0.3 is 14.9 Å². The minimum atomic E-state index is -1.83. The van der Waals surface area contributed by atoms with Crippen LogP contribution in [0.3, 0.4) is 0 Å². The van der Waals surface area contributed by atoms with Gasteiger partial charge in [0.15, 0.2) is 6.10 Å². The smallest absolute Gasteiger partial charge is 0.337 e. The molecule has 0 saturated heterocycles. The first-order chi connectivity index (χ1) is 7.47. The molecule has 0 bridgehead atoms. The highest BCUT2D eigenvalue weighted by atomic mass is 35.5. The highest BCUT2D eigenvalue weighted by molar-refractivity contribution is 6.31. The topological polar surface area (TPSA) is 79.7 Å². The summed E-state index contributed by atoms with van der Waals surface area (Å²) in [5, 5.41) is 18.8. The van der Waals surface area contributed by atoms with Crippen LogP contribution in [0.15, 0.2) is 12.3 Å². The molecular formula is C9H9ClFNO4. The van der Waals surface area contributed by atoms with Gasteiger partial charge in [-0.2, -0.15) is 4.39 Å². The summed E-state index contributed by atoms with van der Waals surface area (Å²) in [6.45, 7) is 0. The molecule has 0 aliphatic carbocycles. The number of aromatic nitrogens is 1. The van der Waals surface area contributed by atoms with Crippen LogP contribution in [-0.2, 0) is 9.53 Å². The number of hydrogen-bond acceptors (Lipinski definition) is 5. The highest BCUT2D eigenvalue weighted by Crippen LogP contribution is 2.25. The van der Waals surface area contributed by atoms with E-state index >= 15 is 0 Å². The number of ether oxygens (including phenoxy) is 1. The monoisotopic (exact) mass is 249 g/mol. The van der Waals surface area contributed by atoms with Crippen LogP contribution in [0, 0.1) is 5.95 Å². The molecule has 1 aromatic heterocycles. The van der Waals surface area contributed by atoms with Gasteiger partial charge in [0.05, 0.1) is 12.1 Å². The molecule has 16 heavy (non-hydrogen) atoms. The van der Waals surface area contributed by atoms with Crippen molar-refractivity contribution in [3.63, 3.8) is 0 Å². The van der Waals surface area contributed by atoms with Crippen molar-refractivity contribution in [1.82, 2.24) is 4.98 Å². The van der Waals surface area contributed by atoms with Gasteiger partial charge >= 0.3 is 5.97 Å². The molecule has 0 fully saturated rings. The fraction of sp³-hybridized carbons (Fsp3) is 0.333. The van der Waals surface area contributed by atoms with E-state index in [-0.39, 0.29) is 10.6 Å². The Morgan fingerprint density at radius 2 is 2.25 bits per heavy atom. The molecular weight excluding hydrogens is 241 g/mol. The molecule has 0 aliphatic heterocycles. The number of aliphatic hydroxyl groups is 2. The molecule has 1 rings (SSSR count). The van der Waals surface area contributed by atoms with Crippen molar-refractivity contribution in [1.29, 1.82) is 0 Å². The first kappa shape index (κ1) is 12.8. The summed E-state index contributed by atoms with van der Waals surface area (Å²) >= 11 is 5.63. The summed E-state index contributed by atoms with van der Waals surface area (Å²) in [6, 6.07) is 0.832. The largest absolute Gasteiger partial charge is 0.467 e. The predicted octanol–water partition coefficient (Wildman–Crippen LogP) is 0.441. The van der Waals surface area contributed by atoms with Crippen LogP contribution >= 0.6 is 11.6 Å². The Hall–Kier alpha value is -1.24. The van der Waals surface area contributed by atoms with E-state index in [4.69, 9.17) is 11.6 Å². The SMILES string of the molecule is COC(=O)C(O)C(O)c1cc(F)ncc1Cl. The van der Waals surface area contributed by atoms with E-state index in [9.17, 15) is 19.4 Å². The summed E-state index contributed by atoms with van der Waals surface area (Å²) in [4.78, 5) is 14.2. The van der Waals surface area contributed by atoms with Crippen LogP contribution < -0.4 is 0 Å². The number of methoxy groups -OCH3 is 1. The molecule has 88 valence electrons. The van der Waals surface area contributed by atoms with E-state index in [0.717, 1.165) is 19.4 Å². The lowest BCUT2D eigenvalue weighted by molar-refractivity contribution is -0.156. The average molecular weight is 250 g/mol. The van der Waals surface area contributed by atoms with Crippen LogP contribution in [0.1, 0.15) is 11.7 Å². The van der Waals surface area contributed by atoms with E-state index in [1.165, 1.54) is 0 Å². The summed E-state index contributed by atoms with van der Waals surface area (Å²) in [6.07, 6.45) is -2.53. The molecule has 2 atom stereocenters. The van der Waals surface area contributed by atoms with Crippen molar-refractivity contribution in [2.75, 3.05) is 7.11 Å². The van der Waals surface area contributed by atoms with Gasteiger partial charge in [0.1, 0.15) is 6.10 Å². The van der Waals surface area contributed by atoms with Crippen LogP contribution in [0.2, 0.25) is 5.02 Å². The van der Waals surface area contributed by atoms with E-state index in [2.05, 4.69) is 9.72 Å². The van der Waals surface area contributed by atoms with Crippen LogP contribution in [0.5, 0.6) is 0 Å². The van der Waals surface area contributed by atoms with Gasteiger partial charge in [-0.1, -0.05) is 11.6 Å². The Balaban J connectivity index is 2.99. The third kappa shape index (κ3) is 2.66. The normalized spacial score (nSPS) is 14.3. The maximum absolute atomic E-state index is 12.8. The number of halogens is 2. The Bertz CT molecular complexity index is 401. The molecule has 0 amide bonds. The first-order valence-electron chi connectivity index (χ1n) is 4.22. The van der Waals surface area contributed by atoms with Gasteiger partial charge in [0.25, 0.3) is 0 Å². The molecule has 2 unspecified atom stereocenters. The Labute approximate surface area is 95.4 Å². The zero-order valence-electron chi connectivity index (χ0n) is 8.22. The molecule has 0 aromatic carbocycles. The second-order valence-corrected chi connectivity index (χ2v) is 3.35. The van der Waals surface area contributed by atoms with Gasteiger partial charge in [-0.05, 0) is 0 Å². The molecule has 5 nitrogen and oxygen atoms in total. The lowest BCUT2D eigenvalue weighted by Crippen LogP contribution is -2.29. The standard InChI is InChI=1S/C9H9ClFNO4/c1-16-9(15)8(14)7(13)4-2-6(11)12-3-5(4)10/h2-3,7-8,13-14H,1H3. The maximum atomic E-state index is 12.8. The molecule has 1 aromatic rings. The van der Waals surface area contributed by atoms with Gasteiger partial charge in [-0.3, -0.25) is 0 Å². The molecule has 0 spiro atoms. The van der Waals surface area contributed by atoms with Crippen LogP contribution in [0.4, 0.5) is 4.39 Å². The molecule has 1 heterocycles. The van der Waals surface area contributed by atoms with Gasteiger partial charge in [-0.25, -0.2) is 9.78 Å². The van der Waals surface area contributed by atoms with Crippen molar-refractivity contribution >= 4 is 17.6 Å². The second-order valence-electron chi connectivity index (χ2n) is 2.94. The quantitative estimate of drug-likeness (QED) is 0.600. The van der Waals surface area contributed by atoms with Crippen molar-refractivity contribution in [3.05, 3.63) is 28.8 Å². The first-order valence-corrected chi connectivity index (χ1v) is 4.60. The Morgan fingerprint density at radius 3 is 2.81 bits per heavy atom.